The van der Waals surface area contributed by atoms with E-state index in [4.69, 9.17) is 0 Å². The van der Waals surface area contributed by atoms with E-state index in [0.29, 0.717) is 18.7 Å². The van der Waals surface area contributed by atoms with E-state index < -0.39 is 17.9 Å². The van der Waals surface area contributed by atoms with Crippen molar-refractivity contribution in [1.82, 2.24) is 24.5 Å². The summed E-state index contributed by atoms with van der Waals surface area (Å²) >= 11 is 0. The van der Waals surface area contributed by atoms with Crippen molar-refractivity contribution in [3.63, 3.8) is 0 Å². The Morgan fingerprint density at radius 1 is 1.38 bits per heavy atom. The largest absolute Gasteiger partial charge is 0.480 e. The lowest BCUT2D eigenvalue weighted by molar-refractivity contribution is -0.143. The van der Waals surface area contributed by atoms with Crippen LogP contribution in [0.2, 0.25) is 0 Å². The Hall–Kier alpha value is -2.51. The number of fused-ring (bicyclic) bond motifs is 1. The van der Waals surface area contributed by atoms with E-state index in [1.165, 1.54) is 9.42 Å². The number of hydrogen-bond donors (Lipinski definition) is 1. The summed E-state index contributed by atoms with van der Waals surface area (Å²) in [6.45, 7) is 2.25. The molecule has 3 rings (SSSR count). The molecule has 0 aromatic carbocycles. The van der Waals surface area contributed by atoms with Gasteiger partial charge in [-0.3, -0.25) is 4.79 Å². The van der Waals surface area contributed by atoms with E-state index in [2.05, 4.69) is 15.1 Å². The molecule has 8 nitrogen and oxygen atoms in total. The number of likely N-dealkylation sites (tertiary alicyclic amines) is 1. The fourth-order valence-electron chi connectivity index (χ4n) is 2.56. The van der Waals surface area contributed by atoms with Crippen LogP contribution < -0.4 is 0 Å². The molecule has 1 fully saturated rings. The van der Waals surface area contributed by atoms with Crippen molar-refractivity contribution in [2.45, 2.75) is 32.2 Å². The monoisotopic (exact) mass is 289 g/mol. The van der Waals surface area contributed by atoms with Crippen molar-refractivity contribution in [2.75, 3.05) is 6.54 Å². The van der Waals surface area contributed by atoms with E-state index >= 15 is 0 Å². The predicted octanol–water partition coefficient (Wildman–Crippen LogP) is 0.512. The molecular formula is C13H15N5O3. The van der Waals surface area contributed by atoms with E-state index in [9.17, 15) is 14.7 Å². The molecule has 0 saturated carbocycles. The lowest BCUT2D eigenvalue weighted by Crippen LogP contribution is -2.48. The number of carboxylic acid groups (broad SMARTS) is 1. The van der Waals surface area contributed by atoms with Crippen LogP contribution in [0.5, 0.6) is 0 Å². The number of carbonyl (C=O) groups excluding carboxylic acids is 1. The molecule has 2 aromatic heterocycles. The minimum Gasteiger partial charge on any atom is -0.480 e. The molecule has 1 amide bonds. The number of carboxylic acids is 1. The van der Waals surface area contributed by atoms with Gasteiger partial charge in [0.25, 0.3) is 11.7 Å². The summed E-state index contributed by atoms with van der Waals surface area (Å²) in [4.78, 5) is 33.3. The Bertz CT molecular complexity index is 711. The van der Waals surface area contributed by atoms with Crippen LogP contribution in [0, 0.1) is 6.92 Å². The minimum absolute atomic E-state index is 0.00931. The Kier molecular flexibility index (Phi) is 3.28. The first-order valence-electron chi connectivity index (χ1n) is 6.80. The average Bonchev–Trinajstić information content (AvgIpc) is 2.92. The van der Waals surface area contributed by atoms with E-state index in [1.54, 1.807) is 12.3 Å². The van der Waals surface area contributed by atoms with Gasteiger partial charge in [-0.25, -0.2) is 14.3 Å². The molecule has 1 aliphatic heterocycles. The average molecular weight is 289 g/mol. The lowest BCUT2D eigenvalue weighted by atomic mass is 10.0. The number of piperidine rings is 1. The van der Waals surface area contributed by atoms with E-state index in [1.807, 2.05) is 6.92 Å². The van der Waals surface area contributed by atoms with Gasteiger partial charge in [-0.15, -0.1) is 5.10 Å². The number of aromatic nitrogens is 4. The second kappa shape index (κ2) is 5.12. The number of aryl methyl sites for hydroxylation is 1. The molecule has 0 aliphatic carbocycles. The van der Waals surface area contributed by atoms with Crippen molar-refractivity contribution in [3.05, 3.63) is 23.8 Å². The van der Waals surface area contributed by atoms with Gasteiger partial charge in [0.15, 0.2) is 0 Å². The van der Waals surface area contributed by atoms with Gasteiger partial charge in [-0.05, 0) is 32.3 Å². The van der Waals surface area contributed by atoms with Crippen LogP contribution in [-0.2, 0) is 4.79 Å². The fourth-order valence-corrected chi connectivity index (χ4v) is 2.56. The Balaban J connectivity index is 1.95. The third-order valence-corrected chi connectivity index (χ3v) is 3.67. The van der Waals surface area contributed by atoms with Crippen LogP contribution in [0.25, 0.3) is 5.78 Å². The summed E-state index contributed by atoms with van der Waals surface area (Å²) in [6, 6.07) is 0.962. The highest BCUT2D eigenvalue weighted by atomic mass is 16.4. The minimum atomic E-state index is -0.985. The van der Waals surface area contributed by atoms with Gasteiger partial charge in [0.2, 0.25) is 5.82 Å². The Morgan fingerprint density at radius 3 is 2.90 bits per heavy atom. The zero-order valence-electron chi connectivity index (χ0n) is 11.6. The zero-order valence-corrected chi connectivity index (χ0v) is 11.6. The van der Waals surface area contributed by atoms with E-state index in [-0.39, 0.29) is 5.82 Å². The molecule has 21 heavy (non-hydrogen) atoms. The highest BCUT2D eigenvalue weighted by Crippen LogP contribution is 2.19. The zero-order chi connectivity index (χ0) is 15.0. The summed E-state index contributed by atoms with van der Waals surface area (Å²) in [7, 11) is 0. The maximum Gasteiger partial charge on any atom is 0.326 e. The Labute approximate surface area is 120 Å². The third kappa shape index (κ3) is 2.32. The van der Waals surface area contributed by atoms with Gasteiger partial charge in [0, 0.05) is 18.4 Å². The van der Waals surface area contributed by atoms with Crippen molar-refractivity contribution in [1.29, 1.82) is 0 Å². The molecule has 110 valence electrons. The number of aliphatic carboxylic acids is 1. The molecule has 0 unspecified atom stereocenters. The standard InChI is InChI=1S/C13H15N5O3/c1-8-5-6-14-13-15-10(16-18(8)13)11(19)17-7-3-2-4-9(17)12(20)21/h5-6,9H,2-4,7H2,1H3,(H,20,21)/t9-/m0/s1. The summed E-state index contributed by atoms with van der Waals surface area (Å²) in [6.07, 6.45) is 3.65. The topological polar surface area (TPSA) is 101 Å². The maximum absolute atomic E-state index is 12.5. The summed E-state index contributed by atoms with van der Waals surface area (Å²) in [5.74, 6) is -1.11. The van der Waals surface area contributed by atoms with Crippen LogP contribution >= 0.6 is 0 Å². The van der Waals surface area contributed by atoms with Gasteiger partial charge in [0.1, 0.15) is 6.04 Å². The molecular weight excluding hydrogens is 274 g/mol. The number of hydrogen-bond acceptors (Lipinski definition) is 5. The number of amides is 1. The molecule has 1 N–H and O–H groups in total. The number of nitrogens with zero attached hydrogens (tertiary/aromatic N) is 5. The van der Waals surface area contributed by atoms with Crippen LogP contribution in [-0.4, -0.2) is 54.1 Å². The SMILES string of the molecule is Cc1ccnc2nc(C(=O)N3CCCC[C@H]3C(=O)O)nn12. The Morgan fingerprint density at radius 2 is 2.19 bits per heavy atom. The highest BCUT2D eigenvalue weighted by molar-refractivity contribution is 5.94. The smallest absolute Gasteiger partial charge is 0.326 e. The molecule has 1 atom stereocenters. The molecule has 1 saturated heterocycles. The van der Waals surface area contributed by atoms with Crippen molar-refractivity contribution in [2.24, 2.45) is 0 Å². The van der Waals surface area contributed by atoms with Crippen molar-refractivity contribution >= 4 is 17.7 Å². The molecule has 3 heterocycles. The second-order valence-corrected chi connectivity index (χ2v) is 5.08. The van der Waals surface area contributed by atoms with Crippen LogP contribution in [0.4, 0.5) is 0 Å². The summed E-state index contributed by atoms with van der Waals surface area (Å²) < 4.78 is 1.48. The molecule has 8 heteroatoms. The first-order chi connectivity index (χ1) is 10.1. The quantitative estimate of drug-likeness (QED) is 0.864. The van der Waals surface area contributed by atoms with Gasteiger partial charge >= 0.3 is 5.97 Å². The van der Waals surface area contributed by atoms with Crippen molar-refractivity contribution < 1.29 is 14.7 Å². The number of carbonyl (C=O) groups is 2. The molecule has 0 radical (unpaired) electrons. The van der Waals surface area contributed by atoms with E-state index in [0.717, 1.165) is 18.5 Å². The van der Waals surface area contributed by atoms with Crippen LogP contribution in [0.1, 0.15) is 35.6 Å². The van der Waals surface area contributed by atoms with Gasteiger partial charge < -0.3 is 10.0 Å². The van der Waals surface area contributed by atoms with Crippen LogP contribution in [0.3, 0.4) is 0 Å². The fraction of sp³-hybridized carbons (Fsp3) is 0.462. The molecule has 2 aromatic rings. The number of rotatable bonds is 2. The highest BCUT2D eigenvalue weighted by Gasteiger charge is 2.34. The maximum atomic E-state index is 12.5. The first-order valence-corrected chi connectivity index (χ1v) is 6.80. The second-order valence-electron chi connectivity index (χ2n) is 5.08. The molecule has 0 bridgehead atoms. The molecule has 1 aliphatic rings. The molecule has 0 spiro atoms. The van der Waals surface area contributed by atoms with Crippen molar-refractivity contribution in [3.8, 4) is 0 Å². The first kappa shape index (κ1) is 13.5. The predicted molar refractivity (Wildman–Crippen MR) is 71.8 cm³/mol. The third-order valence-electron chi connectivity index (χ3n) is 3.67. The summed E-state index contributed by atoms with van der Waals surface area (Å²) in [5.41, 5.74) is 0.806. The van der Waals surface area contributed by atoms with Crippen LogP contribution in [0.15, 0.2) is 12.3 Å². The van der Waals surface area contributed by atoms with Gasteiger partial charge in [-0.1, -0.05) is 0 Å². The van der Waals surface area contributed by atoms with Gasteiger partial charge in [-0.2, -0.15) is 4.98 Å². The summed E-state index contributed by atoms with van der Waals surface area (Å²) in [5, 5.41) is 13.4. The lowest BCUT2D eigenvalue weighted by Gasteiger charge is -2.31. The van der Waals surface area contributed by atoms with Gasteiger partial charge in [0.05, 0.1) is 0 Å². The normalized spacial score (nSPS) is 18.9.